The number of rotatable bonds is 4. The molecule has 1 aromatic rings. The average Bonchev–Trinajstić information content (AvgIpc) is 2.18. The molecule has 0 atom stereocenters. The number of hydrogen-bond donors (Lipinski definition) is 1. The van der Waals surface area contributed by atoms with Gasteiger partial charge in [-0.2, -0.15) is 0 Å². The number of benzene rings is 1. The predicted octanol–water partition coefficient (Wildman–Crippen LogP) is 2.02. The third-order valence-electron chi connectivity index (χ3n) is 3.35. The highest BCUT2D eigenvalue weighted by Crippen LogP contribution is 2.14. The standard InChI is InChI=1S/C14H19NO/c1-10-3-4-12(5-11(10)2)6-14(16)7-13-8-15-9-13/h3-5,13,15H,6-9H2,1-2H3. The van der Waals surface area contributed by atoms with Crippen LogP contribution < -0.4 is 5.32 Å². The normalized spacial score (nSPS) is 15.9. The van der Waals surface area contributed by atoms with E-state index in [4.69, 9.17) is 0 Å². The fourth-order valence-electron chi connectivity index (χ4n) is 2.03. The van der Waals surface area contributed by atoms with Gasteiger partial charge in [0, 0.05) is 12.8 Å². The van der Waals surface area contributed by atoms with Crippen LogP contribution in [0.5, 0.6) is 0 Å². The first-order valence-corrected chi connectivity index (χ1v) is 5.93. The zero-order chi connectivity index (χ0) is 11.5. The topological polar surface area (TPSA) is 29.1 Å². The number of carbonyl (C=O) groups is 1. The van der Waals surface area contributed by atoms with Crippen molar-refractivity contribution in [2.24, 2.45) is 5.92 Å². The minimum Gasteiger partial charge on any atom is -0.316 e. The number of Topliss-reactive ketones (excluding diaryl/α,β-unsaturated/α-hetero) is 1. The van der Waals surface area contributed by atoms with Crippen LogP contribution in [0, 0.1) is 19.8 Å². The molecule has 0 bridgehead atoms. The Bertz CT molecular complexity index is 394. The lowest BCUT2D eigenvalue weighted by atomic mass is 9.93. The maximum absolute atomic E-state index is 11.8. The quantitative estimate of drug-likeness (QED) is 0.836. The van der Waals surface area contributed by atoms with Gasteiger partial charge < -0.3 is 5.32 Å². The van der Waals surface area contributed by atoms with Crippen LogP contribution in [-0.2, 0) is 11.2 Å². The smallest absolute Gasteiger partial charge is 0.137 e. The van der Waals surface area contributed by atoms with Gasteiger partial charge in [-0.15, -0.1) is 0 Å². The van der Waals surface area contributed by atoms with Crippen LogP contribution in [0.25, 0.3) is 0 Å². The van der Waals surface area contributed by atoms with E-state index < -0.39 is 0 Å². The van der Waals surface area contributed by atoms with E-state index in [-0.39, 0.29) is 0 Å². The van der Waals surface area contributed by atoms with Crippen LogP contribution in [-0.4, -0.2) is 18.9 Å². The van der Waals surface area contributed by atoms with Crippen LogP contribution in [0.1, 0.15) is 23.1 Å². The largest absolute Gasteiger partial charge is 0.316 e. The van der Waals surface area contributed by atoms with Gasteiger partial charge in [-0.05, 0) is 49.5 Å². The van der Waals surface area contributed by atoms with Crippen molar-refractivity contribution in [3.05, 3.63) is 34.9 Å². The Morgan fingerprint density at radius 3 is 2.62 bits per heavy atom. The summed E-state index contributed by atoms with van der Waals surface area (Å²) in [4.78, 5) is 11.8. The summed E-state index contributed by atoms with van der Waals surface area (Å²) in [6.45, 7) is 6.22. The molecule has 0 amide bonds. The third-order valence-corrected chi connectivity index (χ3v) is 3.35. The minimum atomic E-state index is 0.370. The molecule has 1 aliphatic heterocycles. The highest BCUT2D eigenvalue weighted by atomic mass is 16.1. The molecule has 0 radical (unpaired) electrons. The second-order valence-corrected chi connectivity index (χ2v) is 4.86. The van der Waals surface area contributed by atoms with Gasteiger partial charge >= 0.3 is 0 Å². The van der Waals surface area contributed by atoms with Gasteiger partial charge in [-0.3, -0.25) is 4.79 Å². The molecule has 0 spiro atoms. The Kier molecular flexibility index (Phi) is 3.39. The Hall–Kier alpha value is -1.15. The van der Waals surface area contributed by atoms with Crippen LogP contribution in [0.4, 0.5) is 0 Å². The molecule has 1 saturated heterocycles. The lowest BCUT2D eigenvalue weighted by Gasteiger charge is -2.26. The Morgan fingerprint density at radius 1 is 1.31 bits per heavy atom. The maximum atomic E-state index is 11.8. The van der Waals surface area contributed by atoms with E-state index >= 15 is 0 Å². The summed E-state index contributed by atoms with van der Waals surface area (Å²) < 4.78 is 0. The summed E-state index contributed by atoms with van der Waals surface area (Å²) >= 11 is 0. The Labute approximate surface area is 97.1 Å². The van der Waals surface area contributed by atoms with Crippen molar-refractivity contribution in [2.75, 3.05) is 13.1 Å². The Morgan fingerprint density at radius 2 is 2.06 bits per heavy atom. The zero-order valence-electron chi connectivity index (χ0n) is 10.0. The van der Waals surface area contributed by atoms with Crippen molar-refractivity contribution in [1.82, 2.24) is 5.32 Å². The summed E-state index contributed by atoms with van der Waals surface area (Å²) in [7, 11) is 0. The van der Waals surface area contributed by atoms with E-state index in [9.17, 15) is 4.79 Å². The molecule has 2 heteroatoms. The minimum absolute atomic E-state index is 0.370. The first kappa shape index (κ1) is 11.3. The molecule has 1 aromatic carbocycles. The van der Waals surface area contributed by atoms with Gasteiger partial charge in [0.15, 0.2) is 0 Å². The van der Waals surface area contributed by atoms with E-state index in [1.807, 2.05) is 0 Å². The Balaban J connectivity index is 1.92. The molecule has 1 heterocycles. The maximum Gasteiger partial charge on any atom is 0.137 e. The number of aryl methyl sites for hydroxylation is 2. The molecular weight excluding hydrogens is 198 g/mol. The second-order valence-electron chi connectivity index (χ2n) is 4.86. The fourth-order valence-corrected chi connectivity index (χ4v) is 2.03. The van der Waals surface area contributed by atoms with Crippen LogP contribution >= 0.6 is 0 Å². The molecule has 1 N–H and O–H groups in total. The molecular formula is C14H19NO. The number of hydrogen-bond acceptors (Lipinski definition) is 2. The van der Waals surface area contributed by atoms with Gasteiger partial charge in [0.25, 0.3) is 0 Å². The van der Waals surface area contributed by atoms with Crippen molar-refractivity contribution >= 4 is 5.78 Å². The molecule has 0 unspecified atom stereocenters. The molecule has 1 aliphatic rings. The van der Waals surface area contributed by atoms with E-state index in [1.54, 1.807) is 0 Å². The van der Waals surface area contributed by atoms with Gasteiger partial charge in [0.2, 0.25) is 0 Å². The molecule has 0 saturated carbocycles. The predicted molar refractivity (Wildman–Crippen MR) is 65.6 cm³/mol. The highest BCUT2D eigenvalue weighted by Gasteiger charge is 2.19. The zero-order valence-corrected chi connectivity index (χ0v) is 10.0. The van der Waals surface area contributed by atoms with Gasteiger partial charge in [0.1, 0.15) is 5.78 Å². The average molecular weight is 217 g/mol. The molecule has 16 heavy (non-hydrogen) atoms. The highest BCUT2D eigenvalue weighted by molar-refractivity contribution is 5.81. The van der Waals surface area contributed by atoms with Crippen molar-refractivity contribution in [3.63, 3.8) is 0 Å². The summed E-state index contributed by atoms with van der Waals surface area (Å²) in [6, 6.07) is 6.30. The summed E-state index contributed by atoms with van der Waals surface area (Å²) in [5.74, 6) is 0.953. The van der Waals surface area contributed by atoms with Crippen LogP contribution in [0.15, 0.2) is 18.2 Å². The molecule has 0 aromatic heterocycles. The van der Waals surface area contributed by atoms with Crippen molar-refractivity contribution < 1.29 is 4.79 Å². The summed E-state index contributed by atoms with van der Waals surface area (Å²) in [6.07, 6.45) is 1.33. The SMILES string of the molecule is Cc1ccc(CC(=O)CC2CNC2)cc1C. The number of ketones is 1. The van der Waals surface area contributed by atoms with Crippen LogP contribution in [0.3, 0.4) is 0 Å². The van der Waals surface area contributed by atoms with Gasteiger partial charge in [0.05, 0.1) is 0 Å². The lowest BCUT2D eigenvalue weighted by molar-refractivity contribution is -0.119. The van der Waals surface area contributed by atoms with Gasteiger partial charge in [-0.25, -0.2) is 0 Å². The number of nitrogens with one attached hydrogen (secondary N) is 1. The lowest BCUT2D eigenvalue weighted by Crippen LogP contribution is -2.43. The molecule has 1 fully saturated rings. The van der Waals surface area contributed by atoms with E-state index in [2.05, 4.69) is 37.4 Å². The van der Waals surface area contributed by atoms with E-state index in [1.165, 1.54) is 11.1 Å². The monoisotopic (exact) mass is 217 g/mol. The van der Waals surface area contributed by atoms with Crippen molar-refractivity contribution in [3.8, 4) is 0 Å². The molecule has 86 valence electrons. The van der Waals surface area contributed by atoms with Gasteiger partial charge in [-0.1, -0.05) is 18.2 Å². The fraction of sp³-hybridized carbons (Fsp3) is 0.500. The number of carbonyl (C=O) groups excluding carboxylic acids is 1. The van der Waals surface area contributed by atoms with E-state index in [0.29, 0.717) is 18.1 Å². The van der Waals surface area contributed by atoms with Crippen LogP contribution in [0.2, 0.25) is 0 Å². The van der Waals surface area contributed by atoms with E-state index in [0.717, 1.165) is 25.1 Å². The molecule has 0 aliphatic carbocycles. The van der Waals surface area contributed by atoms with Crippen molar-refractivity contribution in [1.29, 1.82) is 0 Å². The first-order valence-electron chi connectivity index (χ1n) is 5.93. The van der Waals surface area contributed by atoms with Crippen molar-refractivity contribution in [2.45, 2.75) is 26.7 Å². The molecule has 2 rings (SSSR count). The summed E-state index contributed by atoms with van der Waals surface area (Å²) in [5.41, 5.74) is 3.72. The third kappa shape index (κ3) is 2.70. The molecule has 2 nitrogen and oxygen atoms in total. The second kappa shape index (κ2) is 4.79. The first-order chi connectivity index (χ1) is 7.65. The summed E-state index contributed by atoms with van der Waals surface area (Å²) in [5, 5.41) is 3.19.